The number of nitrogens with zero attached hydrogens (tertiary/aromatic N) is 1. The number of aryl methyl sites for hydroxylation is 1. The van der Waals surface area contributed by atoms with Gasteiger partial charge in [0.2, 0.25) is 10.0 Å². The molecule has 0 radical (unpaired) electrons. The van der Waals surface area contributed by atoms with Gasteiger partial charge in [-0.1, -0.05) is 13.0 Å². The Morgan fingerprint density at radius 2 is 2.00 bits per heavy atom. The topological polar surface area (TPSA) is 83.6 Å². The first-order chi connectivity index (χ1) is 9.86. The molecule has 0 aromatic heterocycles. The summed E-state index contributed by atoms with van der Waals surface area (Å²) in [5.41, 5.74) is 7.39. The highest BCUT2D eigenvalue weighted by Gasteiger charge is 2.31. The summed E-state index contributed by atoms with van der Waals surface area (Å²) < 4.78 is 26.7. The van der Waals surface area contributed by atoms with E-state index in [-0.39, 0.29) is 16.9 Å². The maximum Gasteiger partial charge on any atom is 0.243 e. The normalized spacial score (nSPS) is 19.6. The quantitative estimate of drug-likeness (QED) is 0.827. The molecule has 0 spiro atoms. The average Bonchev–Trinajstić information content (AvgIpc) is 2.47. The number of nitrogens with two attached hydrogens (primary N) is 1. The van der Waals surface area contributed by atoms with Gasteiger partial charge >= 0.3 is 0 Å². The Balaban J connectivity index is 2.17. The second kappa shape index (κ2) is 6.34. The molecule has 0 amide bonds. The van der Waals surface area contributed by atoms with E-state index in [0.717, 1.165) is 12.0 Å². The molecule has 1 unspecified atom stereocenters. The number of rotatable bonds is 4. The molecule has 1 saturated heterocycles. The van der Waals surface area contributed by atoms with Crippen molar-refractivity contribution in [3.05, 3.63) is 23.8 Å². The van der Waals surface area contributed by atoms with E-state index in [1.165, 1.54) is 4.31 Å². The summed E-state index contributed by atoms with van der Waals surface area (Å²) in [6.45, 7) is 4.65. The molecule has 5 nitrogen and oxygen atoms in total. The fourth-order valence-corrected chi connectivity index (χ4v) is 4.31. The van der Waals surface area contributed by atoms with Crippen molar-refractivity contribution in [1.29, 1.82) is 0 Å². The minimum Gasteiger partial charge on any atom is -0.398 e. The van der Waals surface area contributed by atoms with Gasteiger partial charge in [0.1, 0.15) is 0 Å². The minimum atomic E-state index is -3.49. The minimum absolute atomic E-state index is 0.184. The van der Waals surface area contributed by atoms with E-state index in [2.05, 4.69) is 0 Å². The van der Waals surface area contributed by atoms with E-state index in [4.69, 9.17) is 5.73 Å². The van der Waals surface area contributed by atoms with Gasteiger partial charge in [-0.3, -0.25) is 0 Å². The second-order valence-corrected chi connectivity index (χ2v) is 7.63. The Hall–Kier alpha value is -1.11. The zero-order valence-electron chi connectivity index (χ0n) is 12.6. The van der Waals surface area contributed by atoms with Crippen LogP contribution in [-0.4, -0.2) is 37.0 Å². The molecule has 1 aliphatic heterocycles. The van der Waals surface area contributed by atoms with Crippen molar-refractivity contribution >= 4 is 15.7 Å². The monoisotopic (exact) mass is 312 g/mol. The number of aliphatic hydroxyl groups excluding tert-OH is 1. The number of hydrogen-bond acceptors (Lipinski definition) is 4. The van der Waals surface area contributed by atoms with E-state index in [9.17, 15) is 13.5 Å². The van der Waals surface area contributed by atoms with E-state index in [1.54, 1.807) is 25.1 Å². The summed E-state index contributed by atoms with van der Waals surface area (Å²) in [4.78, 5) is 0.257. The van der Waals surface area contributed by atoms with Crippen LogP contribution in [0.25, 0.3) is 0 Å². The predicted octanol–water partition coefficient (Wildman–Crippen LogP) is 1.61. The summed E-state index contributed by atoms with van der Waals surface area (Å²) in [5, 5.41) is 9.59. The molecule has 0 bridgehead atoms. The number of piperidine rings is 1. The molecule has 1 aromatic carbocycles. The summed E-state index contributed by atoms with van der Waals surface area (Å²) in [6.07, 6.45) is 1.79. The molecule has 1 atom stereocenters. The van der Waals surface area contributed by atoms with E-state index < -0.39 is 10.0 Å². The summed E-state index contributed by atoms with van der Waals surface area (Å²) in [5.74, 6) is 0.184. The highest BCUT2D eigenvalue weighted by molar-refractivity contribution is 7.89. The Kier molecular flexibility index (Phi) is 4.91. The van der Waals surface area contributed by atoms with Gasteiger partial charge in [0, 0.05) is 18.8 Å². The van der Waals surface area contributed by atoms with Crippen LogP contribution in [0, 0.1) is 5.92 Å². The SMILES string of the molecule is CCc1ccc(S(=O)(=O)N2CCC(C(C)O)CC2)cc1N. The van der Waals surface area contributed by atoms with Crippen LogP contribution in [-0.2, 0) is 16.4 Å². The van der Waals surface area contributed by atoms with Crippen LogP contribution in [0.1, 0.15) is 32.3 Å². The van der Waals surface area contributed by atoms with Crippen molar-refractivity contribution in [2.45, 2.75) is 44.1 Å². The van der Waals surface area contributed by atoms with E-state index in [1.807, 2.05) is 6.92 Å². The van der Waals surface area contributed by atoms with E-state index in [0.29, 0.717) is 31.6 Å². The first kappa shape index (κ1) is 16.3. The van der Waals surface area contributed by atoms with Crippen LogP contribution in [0.3, 0.4) is 0 Å². The molecule has 3 N–H and O–H groups in total. The first-order valence-electron chi connectivity index (χ1n) is 7.43. The van der Waals surface area contributed by atoms with Crippen LogP contribution in [0.4, 0.5) is 5.69 Å². The maximum atomic E-state index is 12.6. The fraction of sp³-hybridized carbons (Fsp3) is 0.600. The molecule has 2 rings (SSSR count). The number of hydrogen-bond donors (Lipinski definition) is 2. The number of benzene rings is 1. The van der Waals surface area contributed by atoms with Gasteiger partial charge in [-0.25, -0.2) is 8.42 Å². The third kappa shape index (κ3) is 3.39. The Morgan fingerprint density at radius 3 is 2.48 bits per heavy atom. The Bertz CT molecular complexity index is 591. The van der Waals surface area contributed by atoms with Crippen LogP contribution < -0.4 is 5.73 Å². The second-order valence-electron chi connectivity index (χ2n) is 5.70. The number of anilines is 1. The summed E-state index contributed by atoms with van der Waals surface area (Å²) in [7, 11) is -3.49. The Morgan fingerprint density at radius 1 is 1.38 bits per heavy atom. The zero-order valence-corrected chi connectivity index (χ0v) is 13.4. The van der Waals surface area contributed by atoms with E-state index >= 15 is 0 Å². The molecule has 118 valence electrons. The molecule has 0 aliphatic carbocycles. The van der Waals surface area contributed by atoms with Crippen LogP contribution >= 0.6 is 0 Å². The highest BCUT2D eigenvalue weighted by Crippen LogP contribution is 2.27. The lowest BCUT2D eigenvalue weighted by Gasteiger charge is -2.32. The molecule has 0 saturated carbocycles. The molecule has 21 heavy (non-hydrogen) atoms. The molecule has 1 fully saturated rings. The van der Waals surface area contributed by atoms with Crippen molar-refractivity contribution in [2.24, 2.45) is 5.92 Å². The van der Waals surface area contributed by atoms with Crippen molar-refractivity contribution in [3.8, 4) is 0 Å². The number of nitrogen functional groups attached to an aromatic ring is 1. The molecule has 6 heteroatoms. The summed E-state index contributed by atoms with van der Waals surface area (Å²) in [6, 6.07) is 4.96. The first-order valence-corrected chi connectivity index (χ1v) is 8.87. The molecular formula is C15H24N2O3S. The van der Waals surface area contributed by atoms with Crippen LogP contribution in [0.15, 0.2) is 23.1 Å². The van der Waals surface area contributed by atoms with Crippen LogP contribution in [0.5, 0.6) is 0 Å². The van der Waals surface area contributed by atoms with Gasteiger partial charge in [-0.15, -0.1) is 0 Å². The third-order valence-electron chi connectivity index (χ3n) is 4.32. The maximum absolute atomic E-state index is 12.6. The molecule has 1 heterocycles. The lowest BCUT2D eigenvalue weighted by molar-refractivity contribution is 0.0912. The highest BCUT2D eigenvalue weighted by atomic mass is 32.2. The van der Waals surface area contributed by atoms with Crippen molar-refractivity contribution in [3.63, 3.8) is 0 Å². The number of aliphatic hydroxyl groups is 1. The van der Waals surface area contributed by atoms with Crippen LogP contribution in [0.2, 0.25) is 0 Å². The van der Waals surface area contributed by atoms with Gasteiger partial charge < -0.3 is 10.8 Å². The third-order valence-corrected chi connectivity index (χ3v) is 6.21. The van der Waals surface area contributed by atoms with Gasteiger partial charge in [0.15, 0.2) is 0 Å². The number of sulfonamides is 1. The fourth-order valence-electron chi connectivity index (χ4n) is 2.80. The molecular weight excluding hydrogens is 288 g/mol. The predicted molar refractivity (Wildman–Crippen MR) is 83.4 cm³/mol. The smallest absolute Gasteiger partial charge is 0.243 e. The molecule has 1 aliphatic rings. The standard InChI is InChI=1S/C15H24N2O3S/c1-3-12-4-5-14(10-15(12)16)21(19,20)17-8-6-13(7-9-17)11(2)18/h4-5,10-11,13,18H,3,6-9,16H2,1-2H3. The lowest BCUT2D eigenvalue weighted by atomic mass is 9.93. The van der Waals surface area contributed by atoms with Gasteiger partial charge in [0.05, 0.1) is 11.0 Å². The van der Waals surface area contributed by atoms with Crippen molar-refractivity contribution in [1.82, 2.24) is 4.31 Å². The molecule has 1 aromatic rings. The van der Waals surface area contributed by atoms with Gasteiger partial charge in [-0.05, 0) is 49.8 Å². The Labute approximate surface area is 126 Å². The van der Waals surface area contributed by atoms with Crippen molar-refractivity contribution < 1.29 is 13.5 Å². The summed E-state index contributed by atoms with van der Waals surface area (Å²) >= 11 is 0. The largest absolute Gasteiger partial charge is 0.398 e. The lowest BCUT2D eigenvalue weighted by Crippen LogP contribution is -2.40. The average molecular weight is 312 g/mol. The zero-order chi connectivity index (χ0) is 15.6. The van der Waals surface area contributed by atoms with Gasteiger partial charge in [0.25, 0.3) is 0 Å². The van der Waals surface area contributed by atoms with Gasteiger partial charge in [-0.2, -0.15) is 4.31 Å². The van der Waals surface area contributed by atoms with Crippen molar-refractivity contribution in [2.75, 3.05) is 18.8 Å².